The summed E-state index contributed by atoms with van der Waals surface area (Å²) in [7, 11) is 0. The molecule has 41 heavy (non-hydrogen) atoms. The van der Waals surface area contributed by atoms with Gasteiger partial charge in [-0.3, -0.25) is 4.79 Å². The number of aryl methyl sites for hydroxylation is 1. The van der Waals surface area contributed by atoms with E-state index in [2.05, 4.69) is 25.6 Å². The van der Waals surface area contributed by atoms with Gasteiger partial charge in [-0.25, -0.2) is 23.7 Å². The maximum Gasteiger partial charge on any atom is 0.228 e. The minimum atomic E-state index is -0.919. The number of hydrogen-bond donors (Lipinski definition) is 2. The number of nitrogens with zero attached hydrogens (tertiary/aromatic N) is 3. The Morgan fingerprint density at radius 1 is 1.07 bits per heavy atom. The van der Waals surface area contributed by atoms with Crippen LogP contribution in [0.3, 0.4) is 0 Å². The van der Waals surface area contributed by atoms with E-state index in [0.717, 1.165) is 5.56 Å². The smallest absolute Gasteiger partial charge is 0.228 e. The zero-order valence-corrected chi connectivity index (χ0v) is 23.8. The van der Waals surface area contributed by atoms with Gasteiger partial charge in [0.2, 0.25) is 11.8 Å². The highest BCUT2D eigenvalue weighted by atomic mass is 19.1. The molecule has 1 aliphatic heterocycles. The molecule has 2 aromatic carbocycles. The first kappa shape index (κ1) is 28.5. The SMILES string of the molecule is Cc1ccc2c(CC(=O)CC(C)(C)C)c(F)ccc2c1Oc1ncccc1-c1ccnc(N[C@@H]2CNC[C@@H](F)C2)n1. The van der Waals surface area contributed by atoms with E-state index >= 15 is 4.39 Å². The Kier molecular flexibility index (Phi) is 8.26. The van der Waals surface area contributed by atoms with Gasteiger partial charge in [-0.2, -0.15) is 0 Å². The van der Waals surface area contributed by atoms with Gasteiger partial charge < -0.3 is 15.4 Å². The van der Waals surface area contributed by atoms with Gasteiger partial charge in [-0.05, 0) is 53.6 Å². The summed E-state index contributed by atoms with van der Waals surface area (Å²) in [6.07, 6.45) is 3.09. The molecule has 0 saturated carbocycles. The summed E-state index contributed by atoms with van der Waals surface area (Å²) in [4.78, 5) is 26.3. The highest BCUT2D eigenvalue weighted by Crippen LogP contribution is 2.38. The van der Waals surface area contributed by atoms with Crippen LogP contribution < -0.4 is 15.4 Å². The third-order valence-corrected chi connectivity index (χ3v) is 7.04. The quantitative estimate of drug-likeness (QED) is 0.252. The van der Waals surface area contributed by atoms with E-state index in [1.54, 1.807) is 30.6 Å². The minimum absolute atomic E-state index is 0.00810. The van der Waals surface area contributed by atoms with Crippen molar-refractivity contribution < 1.29 is 18.3 Å². The summed E-state index contributed by atoms with van der Waals surface area (Å²) in [5.74, 6) is 0.811. The van der Waals surface area contributed by atoms with Crippen molar-refractivity contribution in [3.8, 4) is 22.9 Å². The van der Waals surface area contributed by atoms with Crippen LogP contribution in [0.25, 0.3) is 22.0 Å². The van der Waals surface area contributed by atoms with Crippen LogP contribution in [0, 0.1) is 18.2 Å². The number of alkyl halides is 1. The van der Waals surface area contributed by atoms with Crippen molar-refractivity contribution in [2.24, 2.45) is 5.41 Å². The fourth-order valence-electron chi connectivity index (χ4n) is 5.21. The Hall–Kier alpha value is -3.98. The largest absolute Gasteiger partial charge is 0.437 e. The molecular weight excluding hydrogens is 524 g/mol. The lowest BCUT2D eigenvalue weighted by atomic mass is 9.87. The molecule has 0 bridgehead atoms. The number of rotatable bonds is 8. The molecule has 0 unspecified atom stereocenters. The first-order valence-corrected chi connectivity index (χ1v) is 13.9. The summed E-state index contributed by atoms with van der Waals surface area (Å²) in [5, 5.41) is 7.61. The summed E-state index contributed by atoms with van der Waals surface area (Å²) in [5.41, 5.74) is 2.24. The van der Waals surface area contributed by atoms with Crippen molar-refractivity contribution in [2.75, 3.05) is 18.4 Å². The Labute approximate surface area is 238 Å². The fourth-order valence-corrected chi connectivity index (χ4v) is 5.21. The lowest BCUT2D eigenvalue weighted by Gasteiger charge is -2.26. The highest BCUT2D eigenvalue weighted by molar-refractivity contribution is 5.95. The number of aromatic nitrogens is 3. The van der Waals surface area contributed by atoms with Crippen LogP contribution >= 0.6 is 0 Å². The molecule has 0 aliphatic carbocycles. The third kappa shape index (κ3) is 6.85. The number of anilines is 1. The highest BCUT2D eigenvalue weighted by Gasteiger charge is 2.23. The zero-order chi connectivity index (χ0) is 29.1. The van der Waals surface area contributed by atoms with Gasteiger partial charge in [-0.15, -0.1) is 0 Å². The number of piperidine rings is 1. The molecule has 2 aromatic heterocycles. The van der Waals surface area contributed by atoms with Crippen LogP contribution in [0.1, 0.15) is 44.7 Å². The number of ketones is 1. The third-order valence-electron chi connectivity index (χ3n) is 7.04. The maximum absolute atomic E-state index is 15.0. The Bertz CT molecular complexity index is 1570. The number of benzene rings is 2. The van der Waals surface area contributed by atoms with Gasteiger partial charge in [0.25, 0.3) is 0 Å². The van der Waals surface area contributed by atoms with Crippen molar-refractivity contribution in [3.63, 3.8) is 0 Å². The second-order valence-corrected chi connectivity index (χ2v) is 11.8. The Morgan fingerprint density at radius 3 is 2.66 bits per heavy atom. The minimum Gasteiger partial charge on any atom is -0.437 e. The van der Waals surface area contributed by atoms with Gasteiger partial charge >= 0.3 is 0 Å². The monoisotopic (exact) mass is 559 g/mol. The molecule has 7 nitrogen and oxygen atoms in total. The van der Waals surface area contributed by atoms with E-state index in [1.165, 1.54) is 6.07 Å². The number of ether oxygens (including phenoxy) is 1. The molecule has 2 N–H and O–H groups in total. The number of nitrogens with one attached hydrogen (secondary N) is 2. The normalized spacial score (nSPS) is 17.4. The van der Waals surface area contributed by atoms with E-state index in [9.17, 15) is 9.18 Å². The van der Waals surface area contributed by atoms with Crippen molar-refractivity contribution in [3.05, 3.63) is 71.8 Å². The van der Waals surface area contributed by atoms with E-state index in [4.69, 9.17) is 4.74 Å². The Morgan fingerprint density at radius 2 is 1.88 bits per heavy atom. The number of carbonyl (C=O) groups excluding carboxylic acids is 1. The molecule has 1 fully saturated rings. The fraction of sp³-hybridized carbons (Fsp3) is 0.375. The van der Waals surface area contributed by atoms with E-state index in [-0.39, 0.29) is 23.7 Å². The lowest BCUT2D eigenvalue weighted by Crippen LogP contribution is -2.44. The first-order valence-electron chi connectivity index (χ1n) is 13.9. The van der Waals surface area contributed by atoms with E-state index in [1.807, 2.05) is 45.9 Å². The maximum atomic E-state index is 15.0. The summed E-state index contributed by atoms with van der Waals surface area (Å²) in [6, 6.07) is 12.0. The molecule has 9 heteroatoms. The second-order valence-electron chi connectivity index (χ2n) is 11.8. The molecular formula is C32H35F2N5O2. The summed E-state index contributed by atoms with van der Waals surface area (Å²) >= 11 is 0. The van der Waals surface area contributed by atoms with Gasteiger partial charge in [-0.1, -0.05) is 32.9 Å². The number of fused-ring (bicyclic) bond motifs is 1. The summed E-state index contributed by atoms with van der Waals surface area (Å²) < 4.78 is 35.3. The average Bonchev–Trinajstić information content (AvgIpc) is 2.91. The standard InChI is InChI=1S/C32H35F2N5O2/c1-19-7-8-23-24(9-10-27(34)26(23)15-22(40)16-32(2,3)4)29(19)41-30-25(6-5-12-36-30)28-11-13-37-31(39-28)38-21-14-20(33)17-35-18-21/h5-13,20-21,35H,14-18H2,1-4H3,(H,37,38,39)/t20-,21-/m0/s1. The molecule has 2 atom stereocenters. The van der Waals surface area contributed by atoms with E-state index in [0.29, 0.717) is 71.1 Å². The number of Topliss-reactive ketones (excluding diaryl/α,β-unsaturated/α-hetero) is 1. The molecule has 5 rings (SSSR count). The Balaban J connectivity index is 1.47. The van der Waals surface area contributed by atoms with Crippen LogP contribution in [0.4, 0.5) is 14.7 Å². The predicted molar refractivity (Wildman–Crippen MR) is 157 cm³/mol. The van der Waals surface area contributed by atoms with Crippen molar-refractivity contribution in [1.82, 2.24) is 20.3 Å². The van der Waals surface area contributed by atoms with Crippen LogP contribution in [-0.2, 0) is 11.2 Å². The molecule has 3 heterocycles. The molecule has 0 spiro atoms. The molecule has 1 saturated heterocycles. The average molecular weight is 560 g/mol. The lowest BCUT2D eigenvalue weighted by molar-refractivity contribution is -0.120. The van der Waals surface area contributed by atoms with Crippen LogP contribution in [0.2, 0.25) is 0 Å². The van der Waals surface area contributed by atoms with Gasteiger partial charge in [0, 0.05) is 61.7 Å². The zero-order valence-electron chi connectivity index (χ0n) is 23.8. The topological polar surface area (TPSA) is 89.0 Å². The number of halogens is 2. The van der Waals surface area contributed by atoms with Crippen molar-refractivity contribution in [2.45, 2.75) is 59.2 Å². The van der Waals surface area contributed by atoms with Crippen LogP contribution in [-0.4, -0.2) is 46.0 Å². The molecule has 0 amide bonds. The predicted octanol–water partition coefficient (Wildman–Crippen LogP) is 6.59. The van der Waals surface area contributed by atoms with Crippen LogP contribution in [0.15, 0.2) is 54.9 Å². The molecule has 214 valence electrons. The number of hydrogen-bond acceptors (Lipinski definition) is 7. The van der Waals surface area contributed by atoms with E-state index < -0.39 is 12.0 Å². The van der Waals surface area contributed by atoms with Crippen LogP contribution in [0.5, 0.6) is 11.6 Å². The molecule has 0 radical (unpaired) electrons. The van der Waals surface area contributed by atoms with Crippen molar-refractivity contribution >= 4 is 22.5 Å². The summed E-state index contributed by atoms with van der Waals surface area (Å²) in [6.45, 7) is 8.87. The van der Waals surface area contributed by atoms with Gasteiger partial charge in [0.15, 0.2) is 0 Å². The van der Waals surface area contributed by atoms with Crippen molar-refractivity contribution in [1.29, 1.82) is 0 Å². The molecule has 4 aromatic rings. The van der Waals surface area contributed by atoms with Gasteiger partial charge in [0.05, 0.1) is 11.3 Å². The van der Waals surface area contributed by atoms with Gasteiger partial charge in [0.1, 0.15) is 23.5 Å². The first-order chi connectivity index (χ1) is 19.6. The number of pyridine rings is 1. The number of carbonyl (C=O) groups is 1. The second kappa shape index (κ2) is 11.9. The molecule has 1 aliphatic rings.